The zero-order chi connectivity index (χ0) is 14.0. The van der Waals surface area contributed by atoms with Crippen molar-refractivity contribution in [1.29, 1.82) is 0 Å². The first-order valence-electron chi connectivity index (χ1n) is 5.58. The molecular weight excluding hydrogens is 331 g/mol. The normalized spacial score (nSPS) is 11.4. The third kappa shape index (κ3) is 3.01. The second kappa shape index (κ2) is 5.38. The number of rotatable bonds is 3. The van der Waals surface area contributed by atoms with Crippen molar-refractivity contribution in [1.82, 2.24) is 10.3 Å². The molecule has 0 bridgehead atoms. The Morgan fingerprint density at radius 1 is 1.47 bits per heavy atom. The number of aromatic nitrogens is 1. The van der Waals surface area contributed by atoms with Crippen LogP contribution in [0.25, 0.3) is 0 Å². The highest BCUT2D eigenvalue weighted by Crippen LogP contribution is 2.25. The van der Waals surface area contributed by atoms with Gasteiger partial charge in [-0.3, -0.25) is 4.79 Å². The molecule has 2 rings (SSSR count). The maximum Gasteiger partial charge on any atom is 0.256 e. The Labute approximate surface area is 123 Å². The molecule has 1 aromatic heterocycles. The van der Waals surface area contributed by atoms with Crippen LogP contribution in [0.2, 0.25) is 0 Å². The molecule has 1 aromatic carbocycles. The molecule has 0 atom stereocenters. The lowest BCUT2D eigenvalue weighted by Crippen LogP contribution is -2.41. The van der Waals surface area contributed by atoms with E-state index in [1.54, 1.807) is 18.3 Å². The van der Waals surface area contributed by atoms with Crippen LogP contribution in [0.5, 0.6) is 0 Å². The van der Waals surface area contributed by atoms with Crippen LogP contribution >= 0.6 is 27.3 Å². The number of nitrogens with one attached hydrogen (secondary N) is 1. The fourth-order valence-corrected chi connectivity index (χ4v) is 2.89. The van der Waals surface area contributed by atoms with E-state index in [4.69, 9.17) is 0 Å². The summed E-state index contributed by atoms with van der Waals surface area (Å²) < 4.78 is 14.1. The fraction of sp³-hybridized carbons (Fsp3) is 0.231. The quantitative estimate of drug-likeness (QED) is 0.923. The zero-order valence-electron chi connectivity index (χ0n) is 10.4. The first-order valence-corrected chi connectivity index (χ1v) is 7.25. The van der Waals surface area contributed by atoms with Crippen LogP contribution in [-0.4, -0.2) is 10.9 Å². The monoisotopic (exact) mass is 342 g/mol. The molecule has 0 aliphatic rings. The number of carbonyl (C=O) groups excluding carboxylic acids is 1. The smallest absolute Gasteiger partial charge is 0.256 e. The highest BCUT2D eigenvalue weighted by Gasteiger charge is 2.27. The number of hydrogen-bond acceptors (Lipinski definition) is 3. The standard InChI is InChI=1S/C13H12BrFN2OS/c1-13(2,12-16-6-7-19-12)17-11(18)10-8(14)4-3-5-9(10)15/h3-7H,1-2H3,(H,17,18). The van der Waals surface area contributed by atoms with Crippen LogP contribution in [0.1, 0.15) is 29.2 Å². The summed E-state index contributed by atoms with van der Waals surface area (Å²) in [4.78, 5) is 16.4. The van der Waals surface area contributed by atoms with E-state index in [0.717, 1.165) is 5.01 Å². The molecule has 0 spiro atoms. The van der Waals surface area contributed by atoms with Crippen LogP contribution in [0.15, 0.2) is 34.2 Å². The summed E-state index contributed by atoms with van der Waals surface area (Å²) in [6.45, 7) is 3.66. The molecule has 0 saturated heterocycles. The average Bonchev–Trinajstić information content (AvgIpc) is 2.81. The molecule has 0 fully saturated rings. The Kier molecular flexibility index (Phi) is 4.01. The molecule has 0 aliphatic heterocycles. The van der Waals surface area contributed by atoms with Gasteiger partial charge in [-0.15, -0.1) is 11.3 Å². The highest BCUT2D eigenvalue weighted by atomic mass is 79.9. The number of halogens is 2. The van der Waals surface area contributed by atoms with E-state index in [1.165, 1.54) is 17.4 Å². The number of thiazole rings is 1. The van der Waals surface area contributed by atoms with Gasteiger partial charge in [0.1, 0.15) is 10.8 Å². The van der Waals surface area contributed by atoms with Gasteiger partial charge < -0.3 is 5.32 Å². The molecule has 6 heteroatoms. The Hall–Kier alpha value is -1.27. The second-order valence-electron chi connectivity index (χ2n) is 4.51. The van der Waals surface area contributed by atoms with E-state index in [1.807, 2.05) is 19.2 Å². The summed E-state index contributed by atoms with van der Waals surface area (Å²) in [5.74, 6) is -1.02. The Balaban J connectivity index is 2.27. The van der Waals surface area contributed by atoms with Crippen LogP contribution in [-0.2, 0) is 5.54 Å². The molecular formula is C13H12BrFN2OS. The van der Waals surface area contributed by atoms with Crippen molar-refractivity contribution >= 4 is 33.2 Å². The van der Waals surface area contributed by atoms with E-state index in [9.17, 15) is 9.18 Å². The summed E-state index contributed by atoms with van der Waals surface area (Å²) in [5.41, 5.74) is -0.639. The van der Waals surface area contributed by atoms with Crippen molar-refractivity contribution in [2.45, 2.75) is 19.4 Å². The first-order chi connectivity index (χ1) is 8.92. The topological polar surface area (TPSA) is 42.0 Å². The van der Waals surface area contributed by atoms with E-state index >= 15 is 0 Å². The van der Waals surface area contributed by atoms with Crippen molar-refractivity contribution < 1.29 is 9.18 Å². The van der Waals surface area contributed by atoms with Gasteiger partial charge in [-0.25, -0.2) is 9.37 Å². The molecule has 3 nitrogen and oxygen atoms in total. The van der Waals surface area contributed by atoms with Crippen molar-refractivity contribution in [2.75, 3.05) is 0 Å². The number of hydrogen-bond donors (Lipinski definition) is 1. The lowest BCUT2D eigenvalue weighted by Gasteiger charge is -2.24. The van der Waals surface area contributed by atoms with Crippen LogP contribution < -0.4 is 5.32 Å². The van der Waals surface area contributed by atoms with Gasteiger partial charge in [-0.2, -0.15) is 0 Å². The molecule has 0 saturated carbocycles. The van der Waals surface area contributed by atoms with Gasteiger partial charge in [0.25, 0.3) is 5.91 Å². The largest absolute Gasteiger partial charge is 0.341 e. The maximum absolute atomic E-state index is 13.7. The van der Waals surface area contributed by atoms with Crippen LogP contribution in [0, 0.1) is 5.82 Å². The van der Waals surface area contributed by atoms with Crippen molar-refractivity contribution in [3.05, 3.63) is 50.6 Å². The first kappa shape index (κ1) is 14.1. The van der Waals surface area contributed by atoms with E-state index in [0.29, 0.717) is 4.47 Å². The van der Waals surface area contributed by atoms with E-state index in [-0.39, 0.29) is 5.56 Å². The van der Waals surface area contributed by atoms with Crippen molar-refractivity contribution in [3.8, 4) is 0 Å². The maximum atomic E-state index is 13.7. The molecule has 0 aliphatic carbocycles. The number of carbonyl (C=O) groups is 1. The van der Waals surface area contributed by atoms with Gasteiger partial charge in [0.05, 0.1) is 11.1 Å². The van der Waals surface area contributed by atoms with Gasteiger partial charge in [0.15, 0.2) is 0 Å². The lowest BCUT2D eigenvalue weighted by atomic mass is 10.1. The summed E-state index contributed by atoms with van der Waals surface area (Å²) in [6, 6.07) is 4.44. The van der Waals surface area contributed by atoms with Crippen LogP contribution in [0.3, 0.4) is 0 Å². The molecule has 19 heavy (non-hydrogen) atoms. The summed E-state index contributed by atoms with van der Waals surface area (Å²) >= 11 is 4.63. The Morgan fingerprint density at radius 2 is 2.21 bits per heavy atom. The minimum Gasteiger partial charge on any atom is -0.341 e. The van der Waals surface area contributed by atoms with Crippen LogP contribution in [0.4, 0.5) is 4.39 Å². The minimum atomic E-state index is -0.646. The van der Waals surface area contributed by atoms with Crippen molar-refractivity contribution in [2.24, 2.45) is 0 Å². The molecule has 1 N–H and O–H groups in total. The zero-order valence-corrected chi connectivity index (χ0v) is 12.8. The van der Waals surface area contributed by atoms with Gasteiger partial charge in [-0.1, -0.05) is 6.07 Å². The Morgan fingerprint density at radius 3 is 2.79 bits per heavy atom. The number of benzene rings is 1. The third-order valence-corrected chi connectivity index (χ3v) is 4.34. The lowest BCUT2D eigenvalue weighted by molar-refractivity contribution is 0.0907. The van der Waals surface area contributed by atoms with E-state index in [2.05, 4.69) is 26.2 Å². The van der Waals surface area contributed by atoms with Gasteiger partial charge >= 0.3 is 0 Å². The fourth-order valence-electron chi connectivity index (χ4n) is 1.65. The predicted molar refractivity (Wildman–Crippen MR) is 76.7 cm³/mol. The van der Waals surface area contributed by atoms with Crippen molar-refractivity contribution in [3.63, 3.8) is 0 Å². The highest BCUT2D eigenvalue weighted by molar-refractivity contribution is 9.10. The Bertz CT molecular complexity index is 578. The molecule has 1 heterocycles. The summed E-state index contributed by atoms with van der Waals surface area (Å²) in [6.07, 6.45) is 1.67. The third-order valence-electron chi connectivity index (χ3n) is 2.58. The number of amides is 1. The molecule has 0 radical (unpaired) electrons. The average molecular weight is 343 g/mol. The number of nitrogens with zero attached hydrogens (tertiary/aromatic N) is 1. The predicted octanol–water partition coefficient (Wildman–Crippen LogP) is 3.71. The van der Waals surface area contributed by atoms with E-state index < -0.39 is 17.3 Å². The van der Waals surface area contributed by atoms with Gasteiger partial charge in [0.2, 0.25) is 0 Å². The van der Waals surface area contributed by atoms with Gasteiger partial charge in [0, 0.05) is 16.0 Å². The summed E-state index contributed by atoms with van der Waals surface area (Å²) in [5, 5.41) is 5.40. The van der Waals surface area contributed by atoms with Gasteiger partial charge in [-0.05, 0) is 41.9 Å². The second-order valence-corrected chi connectivity index (χ2v) is 6.26. The molecule has 0 unspecified atom stereocenters. The minimum absolute atomic E-state index is 0.00660. The molecule has 2 aromatic rings. The SMILES string of the molecule is CC(C)(NC(=O)c1c(F)cccc1Br)c1nccs1. The summed E-state index contributed by atoms with van der Waals surface area (Å²) in [7, 11) is 0. The molecule has 1 amide bonds. The molecule has 100 valence electrons.